The summed E-state index contributed by atoms with van der Waals surface area (Å²) in [6, 6.07) is 12.1. The number of carbonyl (C=O) groups excluding carboxylic acids is 2. The van der Waals surface area contributed by atoms with E-state index in [0.717, 1.165) is 10.9 Å². The van der Waals surface area contributed by atoms with E-state index >= 15 is 0 Å². The Morgan fingerprint density at radius 3 is 2.69 bits per heavy atom. The summed E-state index contributed by atoms with van der Waals surface area (Å²) in [7, 11) is 0. The van der Waals surface area contributed by atoms with Gasteiger partial charge in [-0.2, -0.15) is 0 Å². The Bertz CT molecular complexity index is 1440. The molecule has 4 aromatic rings. The van der Waals surface area contributed by atoms with E-state index in [0.29, 0.717) is 21.1 Å². The van der Waals surface area contributed by atoms with Crippen LogP contribution in [0.5, 0.6) is 0 Å². The van der Waals surface area contributed by atoms with Gasteiger partial charge in [-0.15, -0.1) is 11.3 Å². The molecule has 1 atom stereocenters. The van der Waals surface area contributed by atoms with Crippen LogP contribution in [0.15, 0.2) is 66.1 Å². The predicted octanol–water partition coefficient (Wildman–Crippen LogP) is 5.16. The van der Waals surface area contributed by atoms with Crippen molar-refractivity contribution < 1.29 is 19.1 Å². The molecule has 0 saturated carbocycles. The largest absolute Gasteiger partial charge is 0.503 e. The van der Waals surface area contributed by atoms with Crippen LogP contribution in [0.25, 0.3) is 10.9 Å². The first kappa shape index (κ1) is 20.1. The number of aromatic amines is 1. The molecule has 1 amide bonds. The maximum Gasteiger partial charge on any atom is 0.294 e. The molecule has 0 spiro atoms. The molecule has 2 aromatic carbocycles. The fourth-order valence-electron chi connectivity index (χ4n) is 4.21. The molecule has 0 aliphatic carbocycles. The van der Waals surface area contributed by atoms with Crippen molar-refractivity contribution in [2.24, 2.45) is 0 Å². The molecule has 1 aliphatic rings. The predicted molar refractivity (Wildman–Crippen MR) is 120 cm³/mol. The highest BCUT2D eigenvalue weighted by molar-refractivity contribution is 7.14. The van der Waals surface area contributed by atoms with Gasteiger partial charge >= 0.3 is 0 Å². The average Bonchev–Trinajstić information content (AvgIpc) is 3.41. The summed E-state index contributed by atoms with van der Waals surface area (Å²) in [4.78, 5) is 35.9. The SMILES string of the molecule is Cc1nc(C)c(C(=O)C2=C(O)C(=O)N(c3cccc(F)c3)C2c2c[nH]c3ccccc23)s1. The highest BCUT2D eigenvalue weighted by Crippen LogP contribution is 2.44. The highest BCUT2D eigenvalue weighted by Gasteiger charge is 2.46. The van der Waals surface area contributed by atoms with Crippen molar-refractivity contribution >= 4 is 39.6 Å². The second-order valence-electron chi connectivity index (χ2n) is 7.59. The van der Waals surface area contributed by atoms with Crippen LogP contribution in [0.2, 0.25) is 0 Å². The number of aromatic nitrogens is 2. The molecular formula is C24H18FN3O3S. The van der Waals surface area contributed by atoms with Crippen LogP contribution >= 0.6 is 11.3 Å². The lowest BCUT2D eigenvalue weighted by atomic mass is 9.94. The van der Waals surface area contributed by atoms with Crippen molar-refractivity contribution in [1.29, 1.82) is 0 Å². The number of ketones is 1. The van der Waals surface area contributed by atoms with Crippen LogP contribution in [0.3, 0.4) is 0 Å². The van der Waals surface area contributed by atoms with Crippen LogP contribution in [-0.4, -0.2) is 26.8 Å². The third-order valence-electron chi connectivity index (χ3n) is 5.56. The van der Waals surface area contributed by atoms with Crippen molar-refractivity contribution in [3.8, 4) is 0 Å². The number of thiazole rings is 1. The Morgan fingerprint density at radius 2 is 1.97 bits per heavy atom. The van der Waals surface area contributed by atoms with Crippen LogP contribution in [-0.2, 0) is 4.79 Å². The number of para-hydroxylation sites is 1. The maximum atomic E-state index is 14.0. The summed E-state index contributed by atoms with van der Waals surface area (Å²) >= 11 is 1.21. The van der Waals surface area contributed by atoms with Gasteiger partial charge in [-0.1, -0.05) is 24.3 Å². The lowest BCUT2D eigenvalue weighted by Crippen LogP contribution is -2.31. The molecule has 2 N–H and O–H groups in total. The number of rotatable bonds is 4. The van der Waals surface area contributed by atoms with Crippen LogP contribution in [0.4, 0.5) is 10.1 Å². The molecule has 0 saturated heterocycles. The van der Waals surface area contributed by atoms with E-state index in [1.165, 1.54) is 34.4 Å². The van der Waals surface area contributed by atoms with Gasteiger partial charge in [0.25, 0.3) is 5.91 Å². The minimum atomic E-state index is -0.935. The molecule has 0 bridgehead atoms. The minimum absolute atomic E-state index is 0.0456. The van der Waals surface area contributed by atoms with Crippen molar-refractivity contribution in [1.82, 2.24) is 9.97 Å². The summed E-state index contributed by atoms with van der Waals surface area (Å²) in [6.07, 6.45) is 1.71. The number of hydrogen-bond acceptors (Lipinski definition) is 5. The van der Waals surface area contributed by atoms with Gasteiger partial charge < -0.3 is 10.1 Å². The molecule has 5 rings (SSSR count). The topological polar surface area (TPSA) is 86.3 Å². The lowest BCUT2D eigenvalue weighted by molar-refractivity contribution is -0.117. The molecule has 0 radical (unpaired) electrons. The Morgan fingerprint density at radius 1 is 1.19 bits per heavy atom. The maximum absolute atomic E-state index is 14.0. The number of benzene rings is 2. The number of anilines is 1. The zero-order valence-electron chi connectivity index (χ0n) is 17.2. The van der Waals surface area contributed by atoms with Gasteiger partial charge in [0.05, 0.1) is 27.2 Å². The van der Waals surface area contributed by atoms with E-state index in [1.807, 2.05) is 24.3 Å². The first-order valence-corrected chi connectivity index (χ1v) is 10.8. The summed E-state index contributed by atoms with van der Waals surface area (Å²) in [6.45, 7) is 3.51. The standard InChI is InChI=1S/C24H18FN3O3S/c1-12-23(32-13(2)27-12)21(29)19-20(17-11-26-18-9-4-3-8-16(17)18)28(24(31)22(19)30)15-7-5-6-14(25)10-15/h3-11,20,26,30H,1-2H3. The lowest BCUT2D eigenvalue weighted by Gasteiger charge is -2.26. The molecule has 160 valence electrons. The number of Topliss-reactive ketones (excluding diaryl/α,β-unsaturated/α-hetero) is 1. The zero-order chi connectivity index (χ0) is 22.6. The average molecular weight is 447 g/mol. The number of H-pyrrole nitrogens is 1. The van der Waals surface area contributed by atoms with Gasteiger partial charge in [0.15, 0.2) is 5.76 Å². The second-order valence-corrected chi connectivity index (χ2v) is 8.79. The number of hydrogen-bond donors (Lipinski definition) is 2. The van der Waals surface area contributed by atoms with Crippen LogP contribution in [0.1, 0.15) is 32.0 Å². The zero-order valence-corrected chi connectivity index (χ0v) is 18.0. The summed E-state index contributed by atoms with van der Waals surface area (Å²) in [5.74, 6) is -2.39. The van der Waals surface area contributed by atoms with Gasteiger partial charge in [-0.25, -0.2) is 9.37 Å². The molecule has 32 heavy (non-hydrogen) atoms. The number of fused-ring (bicyclic) bond motifs is 1. The van der Waals surface area contributed by atoms with E-state index in [2.05, 4.69) is 9.97 Å². The Hall–Kier alpha value is -3.78. The highest BCUT2D eigenvalue weighted by atomic mass is 32.1. The summed E-state index contributed by atoms with van der Waals surface area (Å²) < 4.78 is 14.0. The number of aliphatic hydroxyl groups excluding tert-OH is 1. The normalized spacial score (nSPS) is 16.4. The Labute approximate surface area is 186 Å². The molecular weight excluding hydrogens is 429 g/mol. The summed E-state index contributed by atoms with van der Waals surface area (Å²) in [5, 5.41) is 12.4. The third-order valence-corrected chi connectivity index (χ3v) is 6.64. The van der Waals surface area contributed by atoms with Gasteiger partial charge in [-0.05, 0) is 38.1 Å². The molecule has 1 aliphatic heterocycles. The van der Waals surface area contributed by atoms with E-state index in [4.69, 9.17) is 0 Å². The molecule has 3 heterocycles. The van der Waals surface area contributed by atoms with Gasteiger partial charge in [0.2, 0.25) is 5.78 Å². The van der Waals surface area contributed by atoms with Crippen molar-refractivity contribution in [3.05, 3.63) is 93.0 Å². The second kappa shape index (κ2) is 7.42. The van der Waals surface area contributed by atoms with Crippen molar-refractivity contribution in [2.75, 3.05) is 4.90 Å². The third kappa shape index (κ3) is 3.03. The fraction of sp³-hybridized carbons (Fsp3) is 0.125. The van der Waals surface area contributed by atoms with E-state index in [1.54, 1.807) is 26.1 Å². The molecule has 6 nitrogen and oxygen atoms in total. The number of aryl methyl sites for hydroxylation is 2. The van der Waals surface area contributed by atoms with Gasteiger partial charge in [-0.3, -0.25) is 14.5 Å². The number of nitrogens with zero attached hydrogens (tertiary/aromatic N) is 2. The summed E-state index contributed by atoms with van der Waals surface area (Å²) in [5.41, 5.74) is 2.18. The van der Waals surface area contributed by atoms with E-state index in [-0.39, 0.29) is 11.3 Å². The Balaban J connectivity index is 1.75. The van der Waals surface area contributed by atoms with E-state index < -0.39 is 29.3 Å². The molecule has 1 unspecified atom stereocenters. The van der Waals surface area contributed by atoms with Gasteiger partial charge in [0, 0.05) is 28.4 Å². The Kier molecular flexibility index (Phi) is 4.67. The first-order valence-electron chi connectivity index (χ1n) is 9.94. The number of nitrogens with one attached hydrogen (secondary N) is 1. The minimum Gasteiger partial charge on any atom is -0.503 e. The van der Waals surface area contributed by atoms with Gasteiger partial charge in [0.1, 0.15) is 5.82 Å². The number of aliphatic hydroxyl groups is 1. The van der Waals surface area contributed by atoms with E-state index in [9.17, 15) is 19.1 Å². The van der Waals surface area contributed by atoms with Crippen LogP contribution < -0.4 is 4.90 Å². The quantitative estimate of drug-likeness (QED) is 0.423. The number of carbonyl (C=O) groups is 2. The molecule has 2 aromatic heterocycles. The monoisotopic (exact) mass is 447 g/mol. The number of amides is 1. The number of halogens is 1. The van der Waals surface area contributed by atoms with Crippen LogP contribution in [0, 0.1) is 19.7 Å². The van der Waals surface area contributed by atoms with Crippen molar-refractivity contribution in [2.45, 2.75) is 19.9 Å². The smallest absolute Gasteiger partial charge is 0.294 e. The molecule has 0 fully saturated rings. The molecule has 8 heteroatoms. The fourth-order valence-corrected chi connectivity index (χ4v) is 5.08. The van der Waals surface area contributed by atoms with Crippen molar-refractivity contribution in [3.63, 3.8) is 0 Å². The first-order chi connectivity index (χ1) is 15.4.